The number of H-pyrrole nitrogens is 1. The van der Waals surface area contributed by atoms with E-state index in [0.717, 1.165) is 11.1 Å². The molecule has 1 saturated heterocycles. The third-order valence-electron chi connectivity index (χ3n) is 5.38. The maximum atomic E-state index is 12.6. The summed E-state index contributed by atoms with van der Waals surface area (Å²) in [7, 11) is 0. The fraction of sp³-hybridized carbons (Fsp3) is 0.292. The molecular formula is C24H24N2O6. The molecule has 8 heteroatoms. The molecule has 4 rings (SSSR count). The van der Waals surface area contributed by atoms with Crippen LogP contribution in [0.2, 0.25) is 0 Å². The first-order valence-corrected chi connectivity index (χ1v) is 10.3. The first kappa shape index (κ1) is 21.6. The highest BCUT2D eigenvalue weighted by Crippen LogP contribution is 2.31. The van der Waals surface area contributed by atoms with Crippen LogP contribution in [0, 0.1) is 13.8 Å². The van der Waals surface area contributed by atoms with E-state index in [1.54, 1.807) is 30.5 Å². The zero-order valence-corrected chi connectivity index (χ0v) is 17.8. The second kappa shape index (κ2) is 9.23. The minimum atomic E-state index is -0.717. The second-order valence-corrected chi connectivity index (χ2v) is 7.81. The Balaban J connectivity index is 1.47. The number of carbonyl (C=O) groups excluding carboxylic acids is 2. The van der Waals surface area contributed by atoms with E-state index in [1.165, 1.54) is 10.8 Å². The molecule has 0 saturated carbocycles. The summed E-state index contributed by atoms with van der Waals surface area (Å²) >= 11 is 0. The summed E-state index contributed by atoms with van der Waals surface area (Å²) in [4.78, 5) is 39.6. The molecule has 1 aromatic heterocycles. The molecule has 1 unspecified atom stereocenters. The zero-order chi connectivity index (χ0) is 22.7. The molecule has 1 N–H and O–H groups in total. The summed E-state index contributed by atoms with van der Waals surface area (Å²) in [6, 6.07) is 14.0. The van der Waals surface area contributed by atoms with E-state index >= 15 is 0 Å². The number of rotatable bonds is 6. The molecular weight excluding hydrogens is 412 g/mol. The number of carbonyl (C=O) groups is 2. The number of benzene rings is 2. The normalized spacial score (nSPS) is 20.1. The van der Waals surface area contributed by atoms with E-state index in [4.69, 9.17) is 14.2 Å². The smallest absolute Gasteiger partial charge is 0.338 e. The molecule has 2 aromatic carbocycles. The summed E-state index contributed by atoms with van der Waals surface area (Å²) in [6.45, 7) is 3.74. The number of aromatic nitrogens is 2. The molecule has 32 heavy (non-hydrogen) atoms. The maximum Gasteiger partial charge on any atom is 0.338 e. The van der Waals surface area contributed by atoms with Gasteiger partial charge in [-0.25, -0.2) is 14.4 Å². The number of ether oxygens (including phenoxy) is 3. The van der Waals surface area contributed by atoms with Gasteiger partial charge in [-0.1, -0.05) is 35.4 Å². The molecule has 3 aromatic rings. The number of nitrogens with one attached hydrogen (secondary N) is 1. The first-order chi connectivity index (χ1) is 15.4. The van der Waals surface area contributed by atoms with Crippen LogP contribution in [0.15, 0.2) is 65.7 Å². The van der Waals surface area contributed by atoms with Crippen molar-refractivity contribution >= 4 is 11.9 Å². The summed E-state index contributed by atoms with van der Waals surface area (Å²) in [6.07, 6.45) is 1.26. The van der Waals surface area contributed by atoms with Gasteiger partial charge in [-0.3, -0.25) is 4.57 Å². The van der Waals surface area contributed by atoms with Crippen molar-refractivity contribution < 1.29 is 23.8 Å². The molecule has 1 aliphatic rings. The molecule has 0 radical (unpaired) electrons. The third kappa shape index (κ3) is 4.81. The predicted octanol–water partition coefficient (Wildman–Crippen LogP) is 3.16. The van der Waals surface area contributed by atoms with Crippen molar-refractivity contribution in [2.24, 2.45) is 0 Å². The summed E-state index contributed by atoms with van der Waals surface area (Å²) < 4.78 is 18.5. The molecule has 1 fully saturated rings. The van der Waals surface area contributed by atoms with Gasteiger partial charge in [0.05, 0.1) is 11.1 Å². The van der Waals surface area contributed by atoms with Gasteiger partial charge in [0.2, 0.25) is 0 Å². The molecule has 0 aliphatic carbocycles. The van der Waals surface area contributed by atoms with Gasteiger partial charge in [-0.15, -0.1) is 0 Å². The number of nitrogens with zero attached hydrogens (tertiary/aromatic N) is 1. The van der Waals surface area contributed by atoms with Gasteiger partial charge in [0.1, 0.15) is 25.0 Å². The van der Waals surface area contributed by atoms with Crippen LogP contribution in [0.25, 0.3) is 0 Å². The Hall–Kier alpha value is -3.65. The average molecular weight is 436 g/mol. The first-order valence-electron chi connectivity index (χ1n) is 10.3. The molecule has 3 atom stereocenters. The van der Waals surface area contributed by atoms with Crippen LogP contribution in [0.1, 0.15) is 44.5 Å². The Morgan fingerprint density at radius 2 is 1.59 bits per heavy atom. The van der Waals surface area contributed by atoms with E-state index < -0.39 is 30.4 Å². The maximum absolute atomic E-state index is 12.6. The summed E-state index contributed by atoms with van der Waals surface area (Å²) in [5, 5.41) is 0. The Labute approximate surface area is 184 Å². The third-order valence-corrected chi connectivity index (χ3v) is 5.38. The van der Waals surface area contributed by atoms with E-state index in [2.05, 4.69) is 4.98 Å². The van der Waals surface area contributed by atoms with Gasteiger partial charge in [0.15, 0.2) is 0 Å². The summed E-state index contributed by atoms with van der Waals surface area (Å²) in [5.74, 6) is -1.00. The molecule has 166 valence electrons. The van der Waals surface area contributed by atoms with Crippen molar-refractivity contribution in [3.63, 3.8) is 0 Å². The highest BCUT2D eigenvalue weighted by atomic mass is 16.6. The summed E-state index contributed by atoms with van der Waals surface area (Å²) in [5.41, 5.74) is 2.55. The fourth-order valence-electron chi connectivity index (χ4n) is 3.53. The topological polar surface area (TPSA) is 99.6 Å². The van der Waals surface area contributed by atoms with Crippen molar-refractivity contribution in [2.45, 2.75) is 38.7 Å². The standard InChI is InChI=1S/C24H24N2O6/c1-15-3-7-17(8-4-15)22(27)30-14-20-19(13-21(31-20)26-12-11-25-24(26)29)32-23(28)18-9-5-16(2)6-10-18/h3-12,19-21H,13-14H2,1-2H3,(H,25,29)/t19-,20?,21-/m1/s1. The van der Waals surface area contributed by atoms with Crippen molar-refractivity contribution in [1.82, 2.24) is 9.55 Å². The van der Waals surface area contributed by atoms with Crippen LogP contribution in [0.5, 0.6) is 0 Å². The number of aryl methyl sites for hydroxylation is 2. The number of hydrogen-bond donors (Lipinski definition) is 1. The lowest BCUT2D eigenvalue weighted by molar-refractivity contribution is -0.0578. The van der Waals surface area contributed by atoms with Gasteiger partial charge in [-0.2, -0.15) is 0 Å². The Morgan fingerprint density at radius 3 is 2.16 bits per heavy atom. The fourth-order valence-corrected chi connectivity index (χ4v) is 3.53. The van der Waals surface area contributed by atoms with Gasteiger partial charge >= 0.3 is 17.6 Å². The second-order valence-electron chi connectivity index (χ2n) is 7.81. The molecule has 1 aliphatic heterocycles. The van der Waals surface area contributed by atoms with Crippen LogP contribution >= 0.6 is 0 Å². The Morgan fingerprint density at radius 1 is 1.00 bits per heavy atom. The van der Waals surface area contributed by atoms with E-state index in [1.807, 2.05) is 38.1 Å². The van der Waals surface area contributed by atoms with Crippen molar-refractivity contribution in [2.75, 3.05) is 6.61 Å². The number of imidazole rings is 1. The lowest BCUT2D eigenvalue weighted by Crippen LogP contribution is -2.32. The van der Waals surface area contributed by atoms with Crippen LogP contribution in [0.4, 0.5) is 0 Å². The molecule has 0 spiro atoms. The highest BCUT2D eigenvalue weighted by molar-refractivity contribution is 5.90. The van der Waals surface area contributed by atoms with Crippen LogP contribution in [0.3, 0.4) is 0 Å². The minimum Gasteiger partial charge on any atom is -0.459 e. The van der Waals surface area contributed by atoms with Gasteiger partial charge in [0, 0.05) is 18.8 Å². The largest absolute Gasteiger partial charge is 0.459 e. The van der Waals surface area contributed by atoms with Crippen molar-refractivity contribution in [1.29, 1.82) is 0 Å². The molecule has 0 amide bonds. The molecule has 8 nitrogen and oxygen atoms in total. The molecule has 2 heterocycles. The van der Waals surface area contributed by atoms with Gasteiger partial charge < -0.3 is 19.2 Å². The highest BCUT2D eigenvalue weighted by Gasteiger charge is 2.40. The minimum absolute atomic E-state index is 0.117. The van der Waals surface area contributed by atoms with Gasteiger partial charge in [-0.05, 0) is 38.1 Å². The zero-order valence-electron chi connectivity index (χ0n) is 17.8. The van der Waals surface area contributed by atoms with Crippen LogP contribution in [-0.4, -0.2) is 40.3 Å². The SMILES string of the molecule is Cc1ccc(C(=O)OCC2O[C@@H](n3cc[nH]c3=O)C[C@H]2OC(=O)c2ccc(C)cc2)cc1. The number of hydrogen-bond acceptors (Lipinski definition) is 6. The van der Waals surface area contributed by atoms with Crippen molar-refractivity contribution in [3.05, 3.63) is 93.7 Å². The average Bonchev–Trinajstić information content (AvgIpc) is 3.38. The monoisotopic (exact) mass is 436 g/mol. The van der Waals surface area contributed by atoms with Crippen LogP contribution < -0.4 is 5.69 Å². The quantitative estimate of drug-likeness (QED) is 0.596. The molecule has 0 bridgehead atoms. The number of aromatic amines is 1. The van der Waals surface area contributed by atoms with E-state index in [-0.39, 0.29) is 18.7 Å². The van der Waals surface area contributed by atoms with E-state index in [9.17, 15) is 14.4 Å². The van der Waals surface area contributed by atoms with E-state index in [0.29, 0.717) is 11.1 Å². The Bertz CT molecular complexity index is 1150. The van der Waals surface area contributed by atoms with Crippen molar-refractivity contribution in [3.8, 4) is 0 Å². The van der Waals surface area contributed by atoms with Gasteiger partial charge in [0.25, 0.3) is 0 Å². The lowest BCUT2D eigenvalue weighted by Gasteiger charge is -2.19. The van der Waals surface area contributed by atoms with Crippen LogP contribution in [-0.2, 0) is 14.2 Å². The predicted molar refractivity (Wildman–Crippen MR) is 115 cm³/mol. The Kier molecular flexibility index (Phi) is 6.23. The lowest BCUT2D eigenvalue weighted by atomic mass is 10.1. The number of esters is 2.